The number of methoxy groups -OCH3 is 1. The summed E-state index contributed by atoms with van der Waals surface area (Å²) in [5.74, 6) is 1.11. The van der Waals surface area contributed by atoms with E-state index >= 15 is 0 Å². The van der Waals surface area contributed by atoms with Gasteiger partial charge in [-0.2, -0.15) is 5.26 Å². The first kappa shape index (κ1) is 13.9. The van der Waals surface area contributed by atoms with Crippen LogP contribution < -0.4 is 0 Å². The van der Waals surface area contributed by atoms with Gasteiger partial charge in [-0.05, 0) is 32.0 Å². The van der Waals surface area contributed by atoms with Crippen LogP contribution in [0.15, 0.2) is 18.2 Å². The van der Waals surface area contributed by atoms with Crippen molar-refractivity contribution in [2.24, 2.45) is 0 Å². The number of nitrogens with zero attached hydrogens (tertiary/aromatic N) is 3. The Morgan fingerprint density at radius 2 is 2.21 bits per heavy atom. The summed E-state index contributed by atoms with van der Waals surface area (Å²) in [6, 6.07) is 7.61. The Labute approximate surface area is 117 Å². The number of nitriles is 1. The Kier molecular flexibility index (Phi) is 3.79. The molecule has 1 aromatic heterocycles. The van der Waals surface area contributed by atoms with Gasteiger partial charge in [0.15, 0.2) is 0 Å². The Morgan fingerprint density at radius 3 is 2.79 bits per heavy atom. The lowest BCUT2D eigenvalue weighted by atomic mass is 10.1. The van der Waals surface area contributed by atoms with Crippen LogP contribution in [-0.4, -0.2) is 23.3 Å². The van der Waals surface area contributed by atoms with E-state index in [-0.39, 0.29) is 5.54 Å². The molecule has 0 amide bonds. The number of alkyl halides is 1. The first-order chi connectivity index (χ1) is 9.03. The minimum absolute atomic E-state index is 0.276. The molecule has 0 atom stereocenters. The topological polar surface area (TPSA) is 50.8 Å². The summed E-state index contributed by atoms with van der Waals surface area (Å²) in [6.45, 7) is 4.67. The van der Waals surface area contributed by atoms with Crippen LogP contribution in [0.25, 0.3) is 11.0 Å². The van der Waals surface area contributed by atoms with Crippen molar-refractivity contribution < 1.29 is 4.74 Å². The fourth-order valence-electron chi connectivity index (χ4n) is 2.38. The Hall–Kier alpha value is -1.57. The van der Waals surface area contributed by atoms with E-state index in [0.29, 0.717) is 18.1 Å². The number of hydrogen-bond acceptors (Lipinski definition) is 3. The molecule has 0 aliphatic heterocycles. The lowest BCUT2D eigenvalue weighted by Crippen LogP contribution is -2.32. The van der Waals surface area contributed by atoms with E-state index in [2.05, 4.69) is 29.5 Å². The first-order valence-electron chi connectivity index (χ1n) is 6.00. The first-order valence-corrected chi connectivity index (χ1v) is 6.54. The van der Waals surface area contributed by atoms with Crippen molar-refractivity contribution in [3.05, 3.63) is 29.6 Å². The number of aromatic nitrogens is 2. The largest absolute Gasteiger partial charge is 0.382 e. The zero-order valence-corrected chi connectivity index (χ0v) is 12.0. The minimum atomic E-state index is -0.276. The van der Waals surface area contributed by atoms with Crippen LogP contribution >= 0.6 is 11.6 Å². The van der Waals surface area contributed by atoms with Crippen molar-refractivity contribution in [3.8, 4) is 6.07 Å². The molecule has 0 bridgehead atoms. The summed E-state index contributed by atoms with van der Waals surface area (Å²) < 4.78 is 7.33. The maximum atomic E-state index is 9.03. The number of benzene rings is 1. The van der Waals surface area contributed by atoms with Crippen molar-refractivity contribution in [1.82, 2.24) is 9.55 Å². The van der Waals surface area contributed by atoms with Gasteiger partial charge in [0.1, 0.15) is 5.82 Å². The SMILES string of the molecule is COCC(C)(C)n1c(CCl)nc2ccc(C#N)cc21. The molecule has 4 nitrogen and oxygen atoms in total. The zero-order valence-electron chi connectivity index (χ0n) is 11.3. The molecule has 0 aliphatic carbocycles. The molecule has 0 unspecified atom stereocenters. The fraction of sp³-hybridized carbons (Fsp3) is 0.429. The Bertz CT molecular complexity index is 640. The highest BCUT2D eigenvalue weighted by atomic mass is 35.5. The molecule has 0 fully saturated rings. The highest BCUT2D eigenvalue weighted by Crippen LogP contribution is 2.27. The predicted molar refractivity (Wildman–Crippen MR) is 75.2 cm³/mol. The molecule has 0 saturated carbocycles. The lowest BCUT2D eigenvalue weighted by Gasteiger charge is -2.28. The van der Waals surface area contributed by atoms with Crippen LogP contribution in [0.4, 0.5) is 0 Å². The van der Waals surface area contributed by atoms with E-state index in [0.717, 1.165) is 16.9 Å². The average molecular weight is 278 g/mol. The summed E-state index contributed by atoms with van der Waals surface area (Å²) in [5, 5.41) is 9.03. The molecular weight excluding hydrogens is 262 g/mol. The molecule has 5 heteroatoms. The average Bonchev–Trinajstić information content (AvgIpc) is 2.76. The van der Waals surface area contributed by atoms with Gasteiger partial charge in [-0.15, -0.1) is 11.6 Å². The maximum absolute atomic E-state index is 9.03. The number of ether oxygens (including phenoxy) is 1. The number of imidazole rings is 1. The molecule has 1 heterocycles. The van der Waals surface area contributed by atoms with Gasteiger partial charge in [0.25, 0.3) is 0 Å². The van der Waals surface area contributed by atoms with Crippen LogP contribution in [0, 0.1) is 11.3 Å². The van der Waals surface area contributed by atoms with Gasteiger partial charge in [0, 0.05) is 7.11 Å². The lowest BCUT2D eigenvalue weighted by molar-refractivity contribution is 0.110. The summed E-state index contributed by atoms with van der Waals surface area (Å²) in [4.78, 5) is 4.52. The third-order valence-electron chi connectivity index (χ3n) is 3.08. The van der Waals surface area contributed by atoms with E-state index in [4.69, 9.17) is 21.6 Å². The monoisotopic (exact) mass is 277 g/mol. The van der Waals surface area contributed by atoms with Crippen molar-refractivity contribution in [3.63, 3.8) is 0 Å². The molecule has 0 aliphatic rings. The van der Waals surface area contributed by atoms with Gasteiger partial charge in [-0.25, -0.2) is 4.98 Å². The van der Waals surface area contributed by atoms with Crippen molar-refractivity contribution in [2.75, 3.05) is 13.7 Å². The molecule has 2 rings (SSSR count). The Morgan fingerprint density at radius 1 is 1.47 bits per heavy atom. The molecular formula is C14H16ClN3O. The normalized spacial score (nSPS) is 11.7. The summed E-state index contributed by atoms with van der Waals surface area (Å²) >= 11 is 5.99. The third kappa shape index (κ3) is 2.44. The second kappa shape index (κ2) is 5.20. The van der Waals surface area contributed by atoms with Gasteiger partial charge in [-0.3, -0.25) is 0 Å². The van der Waals surface area contributed by atoms with Crippen molar-refractivity contribution >= 4 is 22.6 Å². The van der Waals surface area contributed by atoms with E-state index in [1.54, 1.807) is 13.2 Å². The molecule has 19 heavy (non-hydrogen) atoms. The maximum Gasteiger partial charge on any atom is 0.125 e. The molecule has 0 spiro atoms. The van der Waals surface area contributed by atoms with Crippen LogP contribution in [0.2, 0.25) is 0 Å². The molecule has 100 valence electrons. The molecule has 1 aromatic carbocycles. The third-order valence-corrected chi connectivity index (χ3v) is 3.31. The number of hydrogen-bond donors (Lipinski definition) is 0. The van der Waals surface area contributed by atoms with Crippen LogP contribution in [-0.2, 0) is 16.2 Å². The van der Waals surface area contributed by atoms with Gasteiger partial charge in [0.2, 0.25) is 0 Å². The van der Waals surface area contributed by atoms with Gasteiger partial charge >= 0.3 is 0 Å². The molecule has 0 saturated heterocycles. The molecule has 2 aromatic rings. The van der Waals surface area contributed by atoms with E-state index in [9.17, 15) is 0 Å². The highest BCUT2D eigenvalue weighted by molar-refractivity contribution is 6.16. The Balaban J connectivity index is 2.72. The highest BCUT2D eigenvalue weighted by Gasteiger charge is 2.25. The van der Waals surface area contributed by atoms with Crippen LogP contribution in [0.3, 0.4) is 0 Å². The van der Waals surface area contributed by atoms with Crippen molar-refractivity contribution in [2.45, 2.75) is 25.3 Å². The van der Waals surface area contributed by atoms with E-state index in [1.807, 2.05) is 12.1 Å². The predicted octanol–water partition coefficient (Wildman–Crippen LogP) is 3.03. The van der Waals surface area contributed by atoms with E-state index < -0.39 is 0 Å². The molecule has 0 radical (unpaired) electrons. The van der Waals surface area contributed by atoms with Crippen LogP contribution in [0.1, 0.15) is 25.2 Å². The van der Waals surface area contributed by atoms with Gasteiger partial charge in [0.05, 0.1) is 40.7 Å². The van der Waals surface area contributed by atoms with Gasteiger partial charge < -0.3 is 9.30 Å². The quantitative estimate of drug-likeness (QED) is 0.807. The van der Waals surface area contributed by atoms with Gasteiger partial charge in [-0.1, -0.05) is 0 Å². The van der Waals surface area contributed by atoms with Crippen LogP contribution in [0.5, 0.6) is 0 Å². The summed E-state index contributed by atoms with van der Waals surface area (Å²) in [5.41, 5.74) is 2.10. The smallest absolute Gasteiger partial charge is 0.125 e. The number of halogens is 1. The standard InChI is InChI=1S/C14H16ClN3O/c1-14(2,9-19-3)18-12-6-10(8-16)4-5-11(12)17-13(18)7-15/h4-6H,7,9H2,1-3H3. The number of fused-ring (bicyclic) bond motifs is 1. The second-order valence-corrected chi connectivity index (χ2v) is 5.33. The minimum Gasteiger partial charge on any atom is -0.382 e. The summed E-state index contributed by atoms with van der Waals surface area (Å²) in [6.07, 6.45) is 0. The zero-order chi connectivity index (χ0) is 14.0. The van der Waals surface area contributed by atoms with E-state index in [1.165, 1.54) is 0 Å². The number of rotatable bonds is 4. The second-order valence-electron chi connectivity index (χ2n) is 5.06. The molecule has 0 N–H and O–H groups in total. The van der Waals surface area contributed by atoms with Crippen molar-refractivity contribution in [1.29, 1.82) is 5.26 Å². The fourth-order valence-corrected chi connectivity index (χ4v) is 2.56. The summed E-state index contributed by atoms with van der Waals surface area (Å²) in [7, 11) is 1.67.